The van der Waals surface area contributed by atoms with Crippen LogP contribution in [-0.2, 0) is 11.2 Å². The number of rotatable bonds is 6. The average Bonchev–Trinajstić information content (AvgIpc) is 2.52. The highest BCUT2D eigenvalue weighted by molar-refractivity contribution is 6.31. The average molecular weight is 335 g/mol. The predicted octanol–water partition coefficient (Wildman–Crippen LogP) is 3.95. The molecule has 0 saturated carbocycles. The summed E-state index contributed by atoms with van der Waals surface area (Å²) >= 11 is 6.07. The van der Waals surface area contributed by atoms with Gasteiger partial charge in [-0.1, -0.05) is 29.8 Å². The first-order chi connectivity index (χ1) is 11.0. The van der Waals surface area contributed by atoms with Crippen LogP contribution in [0.3, 0.4) is 0 Å². The van der Waals surface area contributed by atoms with Crippen LogP contribution in [0.15, 0.2) is 42.5 Å². The molecule has 0 bridgehead atoms. The lowest BCUT2D eigenvalue weighted by Gasteiger charge is -2.16. The number of nitrogens with one attached hydrogen (secondary N) is 2. The van der Waals surface area contributed by atoms with Gasteiger partial charge in [0.1, 0.15) is 11.9 Å². The van der Waals surface area contributed by atoms with E-state index in [4.69, 9.17) is 11.6 Å². The Kier molecular flexibility index (Phi) is 5.99. The normalized spacial score (nSPS) is 11.8. The second kappa shape index (κ2) is 7.97. The third-order valence-corrected chi connectivity index (χ3v) is 3.98. The van der Waals surface area contributed by atoms with Crippen molar-refractivity contribution >= 4 is 23.2 Å². The number of hydrogen-bond acceptors (Lipinski definition) is 2. The van der Waals surface area contributed by atoms with E-state index in [0.29, 0.717) is 18.0 Å². The van der Waals surface area contributed by atoms with Gasteiger partial charge in [-0.15, -0.1) is 0 Å². The molecule has 0 aliphatic rings. The van der Waals surface area contributed by atoms with E-state index in [-0.39, 0.29) is 17.8 Å². The van der Waals surface area contributed by atoms with Crippen molar-refractivity contribution in [2.45, 2.75) is 26.3 Å². The highest BCUT2D eigenvalue weighted by Crippen LogP contribution is 2.20. The Morgan fingerprint density at radius 1 is 1.22 bits per heavy atom. The number of aryl methyl sites for hydroxylation is 1. The summed E-state index contributed by atoms with van der Waals surface area (Å²) in [7, 11) is 0. The molecular weight excluding hydrogens is 315 g/mol. The fourth-order valence-electron chi connectivity index (χ4n) is 2.13. The van der Waals surface area contributed by atoms with E-state index in [2.05, 4.69) is 10.6 Å². The second-order valence-electron chi connectivity index (χ2n) is 5.50. The summed E-state index contributed by atoms with van der Waals surface area (Å²) in [4.78, 5) is 12.1. The molecule has 5 heteroatoms. The van der Waals surface area contributed by atoms with E-state index < -0.39 is 0 Å². The van der Waals surface area contributed by atoms with Crippen LogP contribution in [0, 0.1) is 12.7 Å². The Morgan fingerprint density at radius 2 is 1.91 bits per heavy atom. The largest absolute Gasteiger partial charge is 0.374 e. The van der Waals surface area contributed by atoms with E-state index >= 15 is 0 Å². The summed E-state index contributed by atoms with van der Waals surface area (Å²) < 4.78 is 12.8. The molecule has 2 rings (SSSR count). The summed E-state index contributed by atoms with van der Waals surface area (Å²) in [5, 5.41) is 6.65. The molecule has 0 aromatic heterocycles. The number of amides is 1. The van der Waals surface area contributed by atoms with Crippen molar-refractivity contribution in [2.75, 3.05) is 11.9 Å². The Hall–Kier alpha value is -2.07. The van der Waals surface area contributed by atoms with Crippen LogP contribution in [0.25, 0.3) is 0 Å². The molecule has 2 aromatic carbocycles. The smallest absolute Gasteiger partial charge is 0.242 e. The Morgan fingerprint density at radius 3 is 2.57 bits per heavy atom. The summed E-state index contributed by atoms with van der Waals surface area (Å²) in [6, 6.07) is 11.5. The molecule has 2 N–H and O–H groups in total. The van der Waals surface area contributed by atoms with Crippen molar-refractivity contribution in [3.8, 4) is 0 Å². The molecule has 0 fully saturated rings. The summed E-state index contributed by atoms with van der Waals surface area (Å²) in [6.07, 6.45) is 0.662. The van der Waals surface area contributed by atoms with E-state index in [1.165, 1.54) is 12.1 Å². The minimum atomic E-state index is -0.373. The predicted molar refractivity (Wildman–Crippen MR) is 92.4 cm³/mol. The molecule has 2 aromatic rings. The minimum absolute atomic E-state index is 0.0937. The van der Waals surface area contributed by atoms with Crippen molar-refractivity contribution < 1.29 is 9.18 Å². The summed E-state index contributed by atoms with van der Waals surface area (Å²) in [6.45, 7) is 4.23. The van der Waals surface area contributed by atoms with Crippen LogP contribution in [0.1, 0.15) is 18.1 Å². The van der Waals surface area contributed by atoms with Crippen molar-refractivity contribution in [1.29, 1.82) is 0 Å². The fourth-order valence-corrected chi connectivity index (χ4v) is 2.31. The third kappa shape index (κ3) is 5.25. The van der Waals surface area contributed by atoms with E-state index in [0.717, 1.165) is 16.8 Å². The van der Waals surface area contributed by atoms with Crippen LogP contribution in [0.2, 0.25) is 5.02 Å². The zero-order valence-electron chi connectivity index (χ0n) is 13.2. The minimum Gasteiger partial charge on any atom is -0.374 e. The van der Waals surface area contributed by atoms with Crippen molar-refractivity contribution in [2.24, 2.45) is 0 Å². The first kappa shape index (κ1) is 17.3. The zero-order valence-corrected chi connectivity index (χ0v) is 14.0. The molecule has 0 saturated heterocycles. The lowest BCUT2D eigenvalue weighted by Crippen LogP contribution is -2.38. The molecule has 3 nitrogen and oxygen atoms in total. The SMILES string of the molecule is Cc1ccc(NC(C)C(=O)NCCc2ccc(F)cc2)cc1Cl. The van der Waals surface area contributed by atoms with Crippen LogP contribution < -0.4 is 10.6 Å². The van der Waals surface area contributed by atoms with Crippen molar-refractivity contribution in [3.63, 3.8) is 0 Å². The molecule has 0 aliphatic heterocycles. The van der Waals surface area contributed by atoms with Gasteiger partial charge in [-0.05, 0) is 55.7 Å². The van der Waals surface area contributed by atoms with Gasteiger partial charge in [0.2, 0.25) is 5.91 Å². The lowest BCUT2D eigenvalue weighted by molar-refractivity contribution is -0.121. The zero-order chi connectivity index (χ0) is 16.8. The first-order valence-electron chi connectivity index (χ1n) is 7.50. The van der Waals surface area contributed by atoms with Crippen molar-refractivity contribution in [3.05, 3.63) is 64.4 Å². The quantitative estimate of drug-likeness (QED) is 0.840. The van der Waals surface area contributed by atoms with Gasteiger partial charge in [-0.2, -0.15) is 0 Å². The number of halogens is 2. The van der Waals surface area contributed by atoms with E-state index in [1.807, 2.05) is 19.1 Å². The van der Waals surface area contributed by atoms with Crippen LogP contribution in [0.4, 0.5) is 10.1 Å². The van der Waals surface area contributed by atoms with Gasteiger partial charge >= 0.3 is 0 Å². The van der Waals surface area contributed by atoms with Crippen LogP contribution in [0.5, 0.6) is 0 Å². The fraction of sp³-hybridized carbons (Fsp3) is 0.278. The van der Waals surface area contributed by atoms with Crippen molar-refractivity contribution in [1.82, 2.24) is 5.32 Å². The number of benzene rings is 2. The van der Waals surface area contributed by atoms with Gasteiger partial charge in [-0.25, -0.2) is 4.39 Å². The molecule has 0 radical (unpaired) electrons. The molecule has 0 aliphatic carbocycles. The molecule has 0 heterocycles. The second-order valence-corrected chi connectivity index (χ2v) is 5.90. The number of carbonyl (C=O) groups is 1. The lowest BCUT2D eigenvalue weighted by atomic mass is 10.1. The Balaban J connectivity index is 1.80. The maximum absolute atomic E-state index is 12.8. The van der Waals surface area contributed by atoms with Gasteiger partial charge in [0, 0.05) is 17.3 Å². The highest BCUT2D eigenvalue weighted by atomic mass is 35.5. The molecule has 1 amide bonds. The number of anilines is 1. The van der Waals surface area contributed by atoms with E-state index in [1.54, 1.807) is 25.1 Å². The maximum Gasteiger partial charge on any atom is 0.242 e. The third-order valence-electron chi connectivity index (χ3n) is 3.57. The molecule has 0 spiro atoms. The van der Waals surface area contributed by atoms with Gasteiger partial charge in [0.25, 0.3) is 0 Å². The Labute approximate surface area is 140 Å². The number of carbonyl (C=O) groups excluding carboxylic acids is 1. The first-order valence-corrected chi connectivity index (χ1v) is 7.88. The summed E-state index contributed by atoms with van der Waals surface area (Å²) in [5.41, 5.74) is 2.79. The van der Waals surface area contributed by atoms with Crippen LogP contribution >= 0.6 is 11.6 Å². The molecule has 122 valence electrons. The standard InChI is InChI=1S/C18H20ClFN2O/c1-12-3-8-16(11-17(12)19)22-13(2)18(23)21-10-9-14-4-6-15(20)7-5-14/h3-8,11,13,22H,9-10H2,1-2H3,(H,21,23). The van der Waals surface area contributed by atoms with Crippen LogP contribution in [-0.4, -0.2) is 18.5 Å². The summed E-state index contributed by atoms with van der Waals surface area (Å²) in [5.74, 6) is -0.351. The highest BCUT2D eigenvalue weighted by Gasteiger charge is 2.12. The molecule has 1 unspecified atom stereocenters. The monoisotopic (exact) mass is 334 g/mol. The van der Waals surface area contributed by atoms with E-state index in [9.17, 15) is 9.18 Å². The van der Waals surface area contributed by atoms with Gasteiger partial charge in [-0.3, -0.25) is 4.79 Å². The molecule has 23 heavy (non-hydrogen) atoms. The van der Waals surface area contributed by atoms with Gasteiger partial charge in [0.05, 0.1) is 0 Å². The Bertz CT molecular complexity index is 673. The molecular formula is C18H20ClFN2O. The van der Waals surface area contributed by atoms with Gasteiger partial charge < -0.3 is 10.6 Å². The molecule has 1 atom stereocenters. The van der Waals surface area contributed by atoms with Gasteiger partial charge in [0.15, 0.2) is 0 Å². The number of hydrogen-bond donors (Lipinski definition) is 2. The topological polar surface area (TPSA) is 41.1 Å². The maximum atomic E-state index is 12.8.